The average Bonchev–Trinajstić information content (AvgIpc) is 2.65. The number of primary sulfonamides is 1. The Balaban J connectivity index is 1.85. The van der Waals surface area contributed by atoms with Crippen molar-refractivity contribution in [1.82, 2.24) is 10.6 Å². The van der Waals surface area contributed by atoms with Crippen LogP contribution in [0.25, 0.3) is 0 Å². The number of carbonyl (C=O) groups is 2. The number of rotatable bonds is 8. The van der Waals surface area contributed by atoms with Gasteiger partial charge in [0.15, 0.2) is 0 Å². The number of nitrogens with two attached hydrogens (primary N) is 1. The van der Waals surface area contributed by atoms with Crippen molar-refractivity contribution in [2.45, 2.75) is 63.8 Å². The highest BCUT2D eigenvalue weighted by Crippen LogP contribution is 2.28. The van der Waals surface area contributed by atoms with Crippen molar-refractivity contribution in [1.29, 1.82) is 0 Å². The molecule has 0 bridgehead atoms. The van der Waals surface area contributed by atoms with Gasteiger partial charge in [-0.1, -0.05) is 32.9 Å². The summed E-state index contributed by atoms with van der Waals surface area (Å²) >= 11 is 0. The number of amides is 2. The normalized spacial score (nSPS) is 20.9. The van der Waals surface area contributed by atoms with E-state index in [0.29, 0.717) is 18.9 Å². The molecule has 0 radical (unpaired) electrons. The summed E-state index contributed by atoms with van der Waals surface area (Å²) in [5.74, 6) is 0.429. The quantitative estimate of drug-likeness (QED) is 0.592. The SMILES string of the molecule is CC1CCC(C(=O)N[C@H](C(=O)NCCc2ccc(S(N)(=O)=O)cc2)C(C)C)CC1. The van der Waals surface area contributed by atoms with Crippen molar-refractivity contribution in [3.05, 3.63) is 29.8 Å². The summed E-state index contributed by atoms with van der Waals surface area (Å²) in [6.45, 7) is 6.44. The van der Waals surface area contributed by atoms with Gasteiger partial charge in [0.2, 0.25) is 21.8 Å². The summed E-state index contributed by atoms with van der Waals surface area (Å²) in [5.41, 5.74) is 0.888. The van der Waals surface area contributed by atoms with Crippen LogP contribution in [0.1, 0.15) is 52.0 Å². The van der Waals surface area contributed by atoms with E-state index in [4.69, 9.17) is 5.14 Å². The Hall–Kier alpha value is -1.93. The Kier molecular flexibility index (Phi) is 8.22. The third kappa shape index (κ3) is 7.12. The minimum atomic E-state index is -3.71. The number of sulfonamides is 1. The number of nitrogens with one attached hydrogen (secondary N) is 2. The zero-order chi connectivity index (χ0) is 21.6. The molecule has 4 N–H and O–H groups in total. The first-order chi connectivity index (χ1) is 13.6. The van der Waals surface area contributed by atoms with Crippen LogP contribution in [0.3, 0.4) is 0 Å². The van der Waals surface area contributed by atoms with Crippen molar-refractivity contribution in [3.63, 3.8) is 0 Å². The summed E-state index contributed by atoms with van der Waals surface area (Å²) in [6.07, 6.45) is 4.43. The second-order valence-electron chi connectivity index (χ2n) is 8.42. The van der Waals surface area contributed by atoms with Crippen LogP contribution in [-0.2, 0) is 26.0 Å². The molecule has 0 heterocycles. The van der Waals surface area contributed by atoms with E-state index in [9.17, 15) is 18.0 Å². The fraction of sp³-hybridized carbons (Fsp3) is 0.619. The summed E-state index contributed by atoms with van der Waals surface area (Å²) < 4.78 is 22.6. The second kappa shape index (κ2) is 10.2. The van der Waals surface area contributed by atoms with Crippen LogP contribution in [-0.4, -0.2) is 32.8 Å². The van der Waals surface area contributed by atoms with Gasteiger partial charge in [0.1, 0.15) is 6.04 Å². The van der Waals surface area contributed by atoms with E-state index >= 15 is 0 Å². The lowest BCUT2D eigenvalue weighted by Gasteiger charge is -2.28. The van der Waals surface area contributed by atoms with Crippen molar-refractivity contribution in [2.75, 3.05) is 6.54 Å². The largest absolute Gasteiger partial charge is 0.354 e. The van der Waals surface area contributed by atoms with Crippen molar-refractivity contribution >= 4 is 21.8 Å². The monoisotopic (exact) mass is 423 g/mol. The van der Waals surface area contributed by atoms with E-state index in [2.05, 4.69) is 17.6 Å². The Morgan fingerprint density at radius 2 is 1.69 bits per heavy atom. The highest BCUT2D eigenvalue weighted by atomic mass is 32.2. The maximum atomic E-state index is 12.6. The molecule has 1 fully saturated rings. The van der Waals surface area contributed by atoms with E-state index < -0.39 is 16.1 Å². The molecular weight excluding hydrogens is 390 g/mol. The van der Waals surface area contributed by atoms with Crippen molar-refractivity contribution in [3.8, 4) is 0 Å². The average molecular weight is 424 g/mol. The molecule has 0 spiro atoms. The van der Waals surface area contributed by atoms with Crippen molar-refractivity contribution in [2.24, 2.45) is 22.9 Å². The number of benzene rings is 1. The Labute approximate surface area is 173 Å². The summed E-state index contributed by atoms with van der Waals surface area (Å²) in [6, 6.07) is 5.70. The molecule has 29 heavy (non-hydrogen) atoms. The van der Waals surface area contributed by atoms with E-state index in [0.717, 1.165) is 31.2 Å². The van der Waals surface area contributed by atoms with Gasteiger partial charge in [0, 0.05) is 12.5 Å². The zero-order valence-electron chi connectivity index (χ0n) is 17.5. The molecule has 2 amide bonds. The predicted octanol–water partition coefficient (Wildman–Crippen LogP) is 1.96. The zero-order valence-corrected chi connectivity index (χ0v) is 18.3. The van der Waals surface area contributed by atoms with Gasteiger partial charge in [-0.2, -0.15) is 0 Å². The molecule has 1 aromatic rings. The van der Waals surface area contributed by atoms with Gasteiger partial charge >= 0.3 is 0 Å². The molecule has 1 atom stereocenters. The third-order valence-corrected chi connectivity index (χ3v) is 6.53. The molecule has 162 valence electrons. The number of hydrogen-bond acceptors (Lipinski definition) is 4. The molecule has 7 nitrogen and oxygen atoms in total. The topological polar surface area (TPSA) is 118 Å². The summed E-state index contributed by atoms with van der Waals surface area (Å²) in [5, 5.41) is 10.9. The summed E-state index contributed by atoms with van der Waals surface area (Å²) in [7, 11) is -3.71. The molecule has 0 aromatic heterocycles. The van der Waals surface area contributed by atoms with Gasteiger partial charge in [-0.05, 0) is 61.6 Å². The third-order valence-electron chi connectivity index (χ3n) is 5.60. The van der Waals surface area contributed by atoms with Crippen molar-refractivity contribution < 1.29 is 18.0 Å². The van der Waals surface area contributed by atoms with Gasteiger partial charge in [0.05, 0.1) is 4.90 Å². The van der Waals surface area contributed by atoms with Crippen LogP contribution in [0.2, 0.25) is 0 Å². The van der Waals surface area contributed by atoms with Crippen LogP contribution in [0.15, 0.2) is 29.2 Å². The van der Waals surface area contributed by atoms with E-state index in [1.54, 1.807) is 12.1 Å². The first kappa shape index (κ1) is 23.3. The van der Waals surface area contributed by atoms with Gasteiger partial charge in [-0.25, -0.2) is 13.6 Å². The number of hydrogen-bond donors (Lipinski definition) is 3. The van der Waals surface area contributed by atoms with Crippen LogP contribution >= 0.6 is 0 Å². The molecular formula is C21H33N3O4S. The standard InChI is InChI=1S/C21H33N3O4S/c1-14(2)19(24-20(25)17-8-4-15(3)5-9-17)21(26)23-13-12-16-6-10-18(11-7-16)29(22,27)28/h6-7,10-11,14-15,17,19H,4-5,8-9,12-13H2,1-3H3,(H,23,26)(H,24,25)(H2,22,27,28)/t15?,17?,19-/m0/s1. The predicted molar refractivity (Wildman–Crippen MR) is 112 cm³/mol. The van der Waals surface area contributed by atoms with Crippen LogP contribution in [0.4, 0.5) is 0 Å². The second-order valence-corrected chi connectivity index (χ2v) is 9.98. The van der Waals surface area contributed by atoms with Gasteiger partial charge in [-0.3, -0.25) is 9.59 Å². The maximum absolute atomic E-state index is 12.6. The first-order valence-electron chi connectivity index (χ1n) is 10.3. The minimum Gasteiger partial charge on any atom is -0.354 e. The first-order valence-corrected chi connectivity index (χ1v) is 11.8. The van der Waals surface area contributed by atoms with Gasteiger partial charge in [-0.15, -0.1) is 0 Å². The van der Waals surface area contributed by atoms with Crippen LogP contribution < -0.4 is 15.8 Å². The molecule has 1 aliphatic rings. The van der Waals surface area contributed by atoms with E-state index in [1.807, 2.05) is 13.8 Å². The van der Waals surface area contributed by atoms with Gasteiger partial charge < -0.3 is 10.6 Å². The lowest BCUT2D eigenvalue weighted by Crippen LogP contribution is -2.51. The van der Waals surface area contributed by atoms with Crippen LogP contribution in [0.5, 0.6) is 0 Å². The van der Waals surface area contributed by atoms with Gasteiger partial charge in [0.25, 0.3) is 0 Å². The molecule has 0 saturated heterocycles. The molecule has 1 aliphatic carbocycles. The number of carbonyl (C=O) groups excluding carboxylic acids is 2. The smallest absolute Gasteiger partial charge is 0.242 e. The van der Waals surface area contributed by atoms with E-state index in [1.165, 1.54) is 12.1 Å². The van der Waals surface area contributed by atoms with Crippen LogP contribution in [0, 0.1) is 17.8 Å². The fourth-order valence-electron chi connectivity index (χ4n) is 3.61. The Morgan fingerprint density at radius 1 is 1.10 bits per heavy atom. The molecule has 0 unspecified atom stereocenters. The lowest BCUT2D eigenvalue weighted by molar-refractivity contribution is -0.132. The highest BCUT2D eigenvalue weighted by Gasteiger charge is 2.29. The molecule has 8 heteroatoms. The lowest BCUT2D eigenvalue weighted by atomic mass is 9.82. The molecule has 2 rings (SSSR count). The molecule has 0 aliphatic heterocycles. The highest BCUT2D eigenvalue weighted by molar-refractivity contribution is 7.89. The Morgan fingerprint density at radius 3 is 2.21 bits per heavy atom. The minimum absolute atomic E-state index is 0.00223. The molecule has 1 aromatic carbocycles. The summed E-state index contributed by atoms with van der Waals surface area (Å²) in [4.78, 5) is 25.3. The maximum Gasteiger partial charge on any atom is 0.242 e. The Bertz CT molecular complexity index is 798. The fourth-order valence-corrected chi connectivity index (χ4v) is 4.13. The van der Waals surface area contributed by atoms with E-state index in [-0.39, 0.29) is 28.5 Å². The molecule has 1 saturated carbocycles.